The first-order valence-electron chi connectivity index (χ1n) is 6.36. The summed E-state index contributed by atoms with van der Waals surface area (Å²) in [6.07, 6.45) is 3.59. The molecule has 0 spiro atoms. The van der Waals surface area contributed by atoms with Gasteiger partial charge in [-0.2, -0.15) is 0 Å². The van der Waals surface area contributed by atoms with Crippen LogP contribution in [0.15, 0.2) is 24.5 Å². The predicted octanol–water partition coefficient (Wildman–Crippen LogP) is 1.71. The fraction of sp³-hybridized carbons (Fsp3) is 0.571. The van der Waals surface area contributed by atoms with E-state index in [0.29, 0.717) is 18.9 Å². The molecule has 1 amide bonds. The van der Waals surface area contributed by atoms with E-state index in [1.165, 1.54) is 0 Å². The first-order chi connectivity index (χ1) is 8.50. The molecule has 18 heavy (non-hydrogen) atoms. The number of aromatic nitrogens is 1. The van der Waals surface area contributed by atoms with E-state index in [-0.39, 0.29) is 11.8 Å². The summed E-state index contributed by atoms with van der Waals surface area (Å²) >= 11 is 0. The van der Waals surface area contributed by atoms with Crippen molar-refractivity contribution in [1.29, 1.82) is 0 Å². The number of amides is 1. The Balaban J connectivity index is 2.41. The van der Waals surface area contributed by atoms with Crippen molar-refractivity contribution in [3.63, 3.8) is 0 Å². The van der Waals surface area contributed by atoms with E-state index in [1.54, 1.807) is 12.4 Å². The SMILES string of the molecule is CC(C)CC(O)CNC(=O)C(C)c1cccnc1. The van der Waals surface area contributed by atoms with Gasteiger partial charge in [-0.25, -0.2) is 0 Å². The van der Waals surface area contributed by atoms with Gasteiger partial charge in [-0.3, -0.25) is 9.78 Å². The van der Waals surface area contributed by atoms with E-state index in [4.69, 9.17) is 0 Å². The van der Waals surface area contributed by atoms with Crippen LogP contribution in [-0.4, -0.2) is 28.6 Å². The van der Waals surface area contributed by atoms with Gasteiger partial charge in [0.15, 0.2) is 0 Å². The number of nitrogens with zero attached hydrogens (tertiary/aromatic N) is 1. The van der Waals surface area contributed by atoms with Crippen LogP contribution in [0.1, 0.15) is 38.7 Å². The van der Waals surface area contributed by atoms with Crippen LogP contribution in [0.5, 0.6) is 0 Å². The highest BCUT2D eigenvalue weighted by molar-refractivity contribution is 5.83. The van der Waals surface area contributed by atoms with Crippen molar-refractivity contribution >= 4 is 5.91 Å². The maximum atomic E-state index is 11.9. The van der Waals surface area contributed by atoms with E-state index in [2.05, 4.69) is 10.3 Å². The number of aliphatic hydroxyl groups excluding tert-OH is 1. The standard InChI is InChI=1S/C14H22N2O2/c1-10(2)7-13(17)9-16-14(18)11(3)12-5-4-6-15-8-12/h4-6,8,10-11,13,17H,7,9H2,1-3H3,(H,16,18). The van der Waals surface area contributed by atoms with Gasteiger partial charge in [0, 0.05) is 18.9 Å². The number of aliphatic hydroxyl groups is 1. The number of carbonyl (C=O) groups is 1. The summed E-state index contributed by atoms with van der Waals surface area (Å²) in [5, 5.41) is 12.5. The Morgan fingerprint density at radius 3 is 2.72 bits per heavy atom. The molecule has 1 aromatic heterocycles. The molecule has 1 heterocycles. The highest BCUT2D eigenvalue weighted by atomic mass is 16.3. The van der Waals surface area contributed by atoms with E-state index >= 15 is 0 Å². The molecule has 2 unspecified atom stereocenters. The molecule has 0 fully saturated rings. The quantitative estimate of drug-likeness (QED) is 0.808. The molecule has 0 bridgehead atoms. The molecule has 0 aliphatic carbocycles. The lowest BCUT2D eigenvalue weighted by Gasteiger charge is -2.16. The summed E-state index contributed by atoms with van der Waals surface area (Å²) in [7, 11) is 0. The first kappa shape index (κ1) is 14.6. The van der Waals surface area contributed by atoms with Gasteiger partial charge < -0.3 is 10.4 Å². The Morgan fingerprint density at radius 1 is 1.44 bits per heavy atom. The highest BCUT2D eigenvalue weighted by Gasteiger charge is 2.16. The van der Waals surface area contributed by atoms with Gasteiger partial charge >= 0.3 is 0 Å². The number of hydrogen-bond donors (Lipinski definition) is 2. The number of hydrogen-bond acceptors (Lipinski definition) is 3. The van der Waals surface area contributed by atoms with Crippen molar-refractivity contribution in [2.24, 2.45) is 5.92 Å². The largest absolute Gasteiger partial charge is 0.391 e. The third-order valence-corrected chi connectivity index (χ3v) is 2.83. The number of pyridine rings is 1. The molecule has 1 aromatic rings. The summed E-state index contributed by atoms with van der Waals surface area (Å²) in [6.45, 7) is 6.23. The zero-order valence-electron chi connectivity index (χ0n) is 11.3. The molecular weight excluding hydrogens is 228 g/mol. The average molecular weight is 250 g/mol. The molecule has 0 radical (unpaired) electrons. The third kappa shape index (κ3) is 4.84. The number of rotatable bonds is 6. The summed E-state index contributed by atoms with van der Waals surface area (Å²) in [4.78, 5) is 15.9. The summed E-state index contributed by atoms with van der Waals surface area (Å²) < 4.78 is 0. The summed E-state index contributed by atoms with van der Waals surface area (Å²) in [5.41, 5.74) is 0.883. The van der Waals surface area contributed by atoms with E-state index in [9.17, 15) is 9.90 Å². The number of carbonyl (C=O) groups excluding carboxylic acids is 1. The van der Waals surface area contributed by atoms with Crippen LogP contribution in [0.25, 0.3) is 0 Å². The fourth-order valence-electron chi connectivity index (χ4n) is 1.78. The van der Waals surface area contributed by atoms with Gasteiger partial charge in [0.25, 0.3) is 0 Å². The summed E-state index contributed by atoms with van der Waals surface area (Å²) in [5.74, 6) is 0.100. The van der Waals surface area contributed by atoms with Crippen LogP contribution in [0, 0.1) is 5.92 Å². The van der Waals surface area contributed by atoms with Crippen molar-refractivity contribution in [2.45, 2.75) is 39.2 Å². The van der Waals surface area contributed by atoms with E-state index < -0.39 is 6.10 Å². The molecule has 4 nitrogen and oxygen atoms in total. The molecule has 0 aliphatic rings. The second-order valence-corrected chi connectivity index (χ2v) is 5.04. The van der Waals surface area contributed by atoms with Gasteiger partial charge in [-0.05, 0) is 30.9 Å². The average Bonchev–Trinajstić information content (AvgIpc) is 2.35. The molecule has 4 heteroatoms. The minimum atomic E-state index is -0.477. The Bertz CT molecular complexity index is 365. The second kappa shape index (κ2) is 7.11. The molecular formula is C14H22N2O2. The van der Waals surface area contributed by atoms with Crippen LogP contribution in [0.3, 0.4) is 0 Å². The topological polar surface area (TPSA) is 62.2 Å². The lowest BCUT2D eigenvalue weighted by Crippen LogP contribution is -2.35. The minimum absolute atomic E-state index is 0.0780. The maximum Gasteiger partial charge on any atom is 0.227 e. The molecule has 0 aromatic carbocycles. The Labute approximate surface area is 108 Å². The minimum Gasteiger partial charge on any atom is -0.391 e. The molecule has 2 N–H and O–H groups in total. The second-order valence-electron chi connectivity index (χ2n) is 5.04. The number of nitrogens with one attached hydrogen (secondary N) is 1. The van der Waals surface area contributed by atoms with E-state index in [1.807, 2.05) is 32.9 Å². The lowest BCUT2D eigenvalue weighted by atomic mass is 10.0. The van der Waals surface area contributed by atoms with Crippen molar-refractivity contribution in [3.05, 3.63) is 30.1 Å². The molecule has 2 atom stereocenters. The van der Waals surface area contributed by atoms with Crippen LogP contribution in [0.2, 0.25) is 0 Å². The van der Waals surface area contributed by atoms with Crippen molar-refractivity contribution in [3.8, 4) is 0 Å². The van der Waals surface area contributed by atoms with E-state index in [0.717, 1.165) is 5.56 Å². The normalized spacial score (nSPS) is 14.3. The molecule has 100 valence electrons. The van der Waals surface area contributed by atoms with Crippen molar-refractivity contribution in [2.75, 3.05) is 6.54 Å². The van der Waals surface area contributed by atoms with Gasteiger partial charge in [0.1, 0.15) is 0 Å². The lowest BCUT2D eigenvalue weighted by molar-refractivity contribution is -0.122. The van der Waals surface area contributed by atoms with Crippen LogP contribution < -0.4 is 5.32 Å². The zero-order chi connectivity index (χ0) is 13.5. The van der Waals surface area contributed by atoms with Gasteiger partial charge in [0.05, 0.1) is 12.0 Å². The molecule has 0 aliphatic heterocycles. The van der Waals surface area contributed by atoms with Gasteiger partial charge in [0.2, 0.25) is 5.91 Å². The fourth-order valence-corrected chi connectivity index (χ4v) is 1.78. The Hall–Kier alpha value is -1.42. The molecule has 1 rings (SSSR count). The Kier molecular flexibility index (Phi) is 5.78. The summed E-state index contributed by atoms with van der Waals surface area (Å²) in [6, 6.07) is 3.69. The Morgan fingerprint density at radius 2 is 2.17 bits per heavy atom. The maximum absolute atomic E-state index is 11.9. The van der Waals surface area contributed by atoms with Crippen LogP contribution in [-0.2, 0) is 4.79 Å². The highest BCUT2D eigenvalue weighted by Crippen LogP contribution is 2.13. The van der Waals surface area contributed by atoms with Crippen molar-refractivity contribution < 1.29 is 9.90 Å². The van der Waals surface area contributed by atoms with Crippen LogP contribution in [0.4, 0.5) is 0 Å². The third-order valence-electron chi connectivity index (χ3n) is 2.83. The monoisotopic (exact) mass is 250 g/mol. The first-order valence-corrected chi connectivity index (χ1v) is 6.36. The smallest absolute Gasteiger partial charge is 0.227 e. The van der Waals surface area contributed by atoms with Gasteiger partial charge in [-0.15, -0.1) is 0 Å². The predicted molar refractivity (Wildman–Crippen MR) is 71.1 cm³/mol. The molecule has 0 saturated carbocycles. The van der Waals surface area contributed by atoms with Gasteiger partial charge in [-0.1, -0.05) is 19.9 Å². The van der Waals surface area contributed by atoms with Crippen LogP contribution >= 0.6 is 0 Å². The van der Waals surface area contributed by atoms with Crippen molar-refractivity contribution in [1.82, 2.24) is 10.3 Å². The molecule has 0 saturated heterocycles. The zero-order valence-corrected chi connectivity index (χ0v) is 11.3.